The molecule has 1 saturated heterocycles. The SMILES string of the molecule is CN=C(NCc1cn2ccsc2n1)NC1CCN(Cc2ccccc2)CC1. The Balaban J connectivity index is 1.23. The number of thiazole rings is 1. The highest BCUT2D eigenvalue weighted by Gasteiger charge is 2.20. The Morgan fingerprint density at radius 3 is 2.81 bits per heavy atom. The van der Waals surface area contributed by atoms with Crippen LogP contribution in [0, 0.1) is 0 Å². The fourth-order valence-corrected chi connectivity index (χ4v) is 4.22. The van der Waals surface area contributed by atoms with E-state index in [2.05, 4.69) is 66.4 Å². The van der Waals surface area contributed by atoms with Gasteiger partial charge in [0.2, 0.25) is 0 Å². The van der Waals surface area contributed by atoms with Crippen LogP contribution in [-0.2, 0) is 13.1 Å². The van der Waals surface area contributed by atoms with Gasteiger partial charge in [-0.2, -0.15) is 0 Å². The van der Waals surface area contributed by atoms with Crippen LogP contribution in [0.2, 0.25) is 0 Å². The van der Waals surface area contributed by atoms with E-state index in [0.717, 1.165) is 49.1 Å². The van der Waals surface area contributed by atoms with Crippen molar-refractivity contribution in [1.82, 2.24) is 24.9 Å². The number of hydrogen-bond donors (Lipinski definition) is 2. The zero-order valence-electron chi connectivity index (χ0n) is 15.6. The van der Waals surface area contributed by atoms with Crippen molar-refractivity contribution < 1.29 is 0 Å². The summed E-state index contributed by atoms with van der Waals surface area (Å²) in [5.41, 5.74) is 2.42. The molecule has 1 aliphatic heterocycles. The second-order valence-electron chi connectivity index (χ2n) is 6.93. The summed E-state index contributed by atoms with van der Waals surface area (Å²) < 4.78 is 2.06. The van der Waals surface area contributed by atoms with E-state index in [0.29, 0.717) is 12.6 Å². The maximum absolute atomic E-state index is 4.61. The van der Waals surface area contributed by atoms with Crippen molar-refractivity contribution in [2.24, 2.45) is 4.99 Å². The molecular formula is C20H26N6S. The predicted molar refractivity (Wildman–Crippen MR) is 111 cm³/mol. The van der Waals surface area contributed by atoms with Gasteiger partial charge >= 0.3 is 0 Å². The third-order valence-corrected chi connectivity index (χ3v) is 5.75. The molecule has 2 aromatic heterocycles. The van der Waals surface area contributed by atoms with E-state index in [9.17, 15) is 0 Å². The molecule has 3 heterocycles. The molecule has 6 nitrogen and oxygen atoms in total. The Bertz CT molecular complexity index is 848. The van der Waals surface area contributed by atoms with E-state index in [4.69, 9.17) is 0 Å². The average molecular weight is 383 g/mol. The Labute approximate surface area is 164 Å². The Morgan fingerprint density at radius 1 is 1.26 bits per heavy atom. The second-order valence-corrected chi connectivity index (χ2v) is 7.80. The predicted octanol–water partition coefficient (Wildman–Crippen LogP) is 2.73. The van der Waals surface area contributed by atoms with Gasteiger partial charge in [0.1, 0.15) is 0 Å². The Hall–Kier alpha value is -2.38. The number of nitrogens with zero attached hydrogens (tertiary/aromatic N) is 4. The van der Waals surface area contributed by atoms with Crippen LogP contribution in [0.25, 0.3) is 4.96 Å². The van der Waals surface area contributed by atoms with Gasteiger partial charge in [-0.05, 0) is 18.4 Å². The molecule has 27 heavy (non-hydrogen) atoms. The standard InChI is InChI=1S/C20H26N6S/c1-21-19(22-13-18-15-26-11-12-27-20(26)24-18)23-17-7-9-25(10-8-17)14-16-5-3-2-4-6-16/h2-6,11-12,15,17H,7-10,13-14H2,1H3,(H2,21,22,23). The molecule has 1 fully saturated rings. The van der Waals surface area contributed by atoms with Gasteiger partial charge in [0.15, 0.2) is 10.9 Å². The molecule has 0 bridgehead atoms. The van der Waals surface area contributed by atoms with Gasteiger partial charge in [0, 0.05) is 50.5 Å². The lowest BCUT2D eigenvalue weighted by Crippen LogP contribution is -2.48. The van der Waals surface area contributed by atoms with Crippen LogP contribution in [-0.4, -0.2) is 46.4 Å². The molecule has 3 aromatic rings. The Kier molecular flexibility index (Phi) is 5.69. The molecule has 0 unspecified atom stereocenters. The first-order chi connectivity index (χ1) is 13.3. The van der Waals surface area contributed by atoms with Crippen molar-refractivity contribution in [3.63, 3.8) is 0 Å². The quantitative estimate of drug-likeness (QED) is 0.526. The van der Waals surface area contributed by atoms with Gasteiger partial charge in [-0.25, -0.2) is 4.98 Å². The van der Waals surface area contributed by atoms with Gasteiger partial charge in [-0.1, -0.05) is 30.3 Å². The largest absolute Gasteiger partial charge is 0.354 e. The molecule has 0 saturated carbocycles. The van der Waals surface area contributed by atoms with E-state index in [1.165, 1.54) is 5.56 Å². The smallest absolute Gasteiger partial charge is 0.193 e. The number of benzene rings is 1. The molecule has 0 spiro atoms. The van der Waals surface area contributed by atoms with Crippen molar-refractivity contribution in [2.45, 2.75) is 32.0 Å². The average Bonchev–Trinajstić information content (AvgIpc) is 3.29. The minimum Gasteiger partial charge on any atom is -0.354 e. The third-order valence-electron chi connectivity index (χ3n) is 4.98. The molecule has 0 aliphatic carbocycles. The lowest BCUT2D eigenvalue weighted by Gasteiger charge is -2.33. The summed E-state index contributed by atoms with van der Waals surface area (Å²) in [6.07, 6.45) is 6.36. The molecule has 2 N–H and O–H groups in total. The minimum atomic E-state index is 0.466. The number of nitrogens with one attached hydrogen (secondary N) is 2. The number of guanidine groups is 1. The second kappa shape index (κ2) is 8.54. The summed E-state index contributed by atoms with van der Waals surface area (Å²) in [5.74, 6) is 0.855. The first-order valence-corrected chi connectivity index (χ1v) is 10.3. The molecule has 1 aliphatic rings. The van der Waals surface area contributed by atoms with Crippen molar-refractivity contribution >= 4 is 22.3 Å². The number of aliphatic imine (C=N–C) groups is 1. The molecule has 142 valence electrons. The summed E-state index contributed by atoms with van der Waals surface area (Å²) in [7, 11) is 1.83. The lowest BCUT2D eigenvalue weighted by molar-refractivity contribution is 0.198. The van der Waals surface area contributed by atoms with Crippen molar-refractivity contribution in [1.29, 1.82) is 0 Å². The topological polar surface area (TPSA) is 57.0 Å². The molecule has 0 atom stereocenters. The van der Waals surface area contributed by atoms with Crippen LogP contribution in [0.1, 0.15) is 24.1 Å². The number of piperidine rings is 1. The van der Waals surface area contributed by atoms with E-state index < -0.39 is 0 Å². The maximum atomic E-state index is 4.61. The van der Waals surface area contributed by atoms with Crippen LogP contribution >= 0.6 is 11.3 Å². The van der Waals surface area contributed by atoms with E-state index >= 15 is 0 Å². The maximum Gasteiger partial charge on any atom is 0.193 e. The number of fused-ring (bicyclic) bond motifs is 1. The van der Waals surface area contributed by atoms with Crippen LogP contribution in [0.5, 0.6) is 0 Å². The number of imidazole rings is 1. The van der Waals surface area contributed by atoms with Crippen molar-refractivity contribution in [2.75, 3.05) is 20.1 Å². The van der Waals surface area contributed by atoms with E-state index in [-0.39, 0.29) is 0 Å². The summed E-state index contributed by atoms with van der Waals surface area (Å²) >= 11 is 1.65. The number of hydrogen-bond acceptors (Lipinski definition) is 4. The summed E-state index contributed by atoms with van der Waals surface area (Å²) in [5, 5.41) is 9.00. The highest BCUT2D eigenvalue weighted by Crippen LogP contribution is 2.14. The van der Waals surface area contributed by atoms with Crippen LogP contribution in [0.15, 0.2) is 53.1 Å². The summed E-state index contributed by atoms with van der Waals surface area (Å²) in [6, 6.07) is 11.2. The Morgan fingerprint density at radius 2 is 2.07 bits per heavy atom. The normalized spacial score (nSPS) is 16.7. The van der Waals surface area contributed by atoms with Gasteiger partial charge in [0.25, 0.3) is 0 Å². The fourth-order valence-electron chi connectivity index (χ4n) is 3.50. The van der Waals surface area contributed by atoms with Crippen LogP contribution in [0.4, 0.5) is 0 Å². The first-order valence-electron chi connectivity index (χ1n) is 9.45. The number of rotatable bonds is 5. The van der Waals surface area contributed by atoms with Gasteiger partial charge in [-0.3, -0.25) is 14.3 Å². The monoisotopic (exact) mass is 382 g/mol. The lowest BCUT2D eigenvalue weighted by atomic mass is 10.0. The molecule has 7 heteroatoms. The van der Waals surface area contributed by atoms with E-state index in [1.54, 1.807) is 11.3 Å². The zero-order chi connectivity index (χ0) is 18.5. The molecule has 1 aromatic carbocycles. The minimum absolute atomic E-state index is 0.466. The molecule has 0 radical (unpaired) electrons. The molecular weight excluding hydrogens is 356 g/mol. The van der Waals surface area contributed by atoms with E-state index in [1.807, 2.05) is 18.6 Å². The highest BCUT2D eigenvalue weighted by molar-refractivity contribution is 7.15. The van der Waals surface area contributed by atoms with Gasteiger partial charge < -0.3 is 10.6 Å². The highest BCUT2D eigenvalue weighted by atomic mass is 32.1. The zero-order valence-corrected chi connectivity index (χ0v) is 16.5. The number of likely N-dealkylation sites (tertiary alicyclic amines) is 1. The van der Waals surface area contributed by atoms with Gasteiger partial charge in [-0.15, -0.1) is 11.3 Å². The molecule has 4 rings (SSSR count). The third kappa shape index (κ3) is 4.67. The van der Waals surface area contributed by atoms with Gasteiger partial charge in [0.05, 0.1) is 12.2 Å². The van der Waals surface area contributed by atoms with Crippen LogP contribution < -0.4 is 10.6 Å². The fraction of sp³-hybridized carbons (Fsp3) is 0.400. The molecule has 0 amide bonds. The first kappa shape index (κ1) is 18.0. The van der Waals surface area contributed by atoms with Crippen molar-refractivity contribution in [3.8, 4) is 0 Å². The summed E-state index contributed by atoms with van der Waals surface area (Å²) in [4.78, 5) is 12.5. The van der Waals surface area contributed by atoms with Crippen molar-refractivity contribution in [3.05, 3.63) is 59.4 Å². The summed E-state index contributed by atoms with van der Waals surface area (Å²) in [6.45, 7) is 3.95. The van der Waals surface area contributed by atoms with Crippen LogP contribution in [0.3, 0.4) is 0 Å². The number of aromatic nitrogens is 2.